The van der Waals surface area contributed by atoms with Crippen LogP contribution in [0.15, 0.2) is 18.5 Å². The van der Waals surface area contributed by atoms with Gasteiger partial charge < -0.3 is 20.8 Å². The normalized spacial score (nSPS) is 11.7. The summed E-state index contributed by atoms with van der Waals surface area (Å²) in [5.41, 5.74) is 12.5. The highest BCUT2D eigenvalue weighted by atomic mass is 16.5. The zero-order chi connectivity index (χ0) is 9.14. The topological polar surface area (TPSA) is 66.2 Å². The van der Waals surface area contributed by atoms with Crippen molar-refractivity contribution in [1.29, 1.82) is 0 Å². The minimum Gasteiger partial charge on any atom is -0.493 e. The molecule has 0 saturated heterocycles. The molecule has 0 fully saturated rings. The van der Waals surface area contributed by atoms with Gasteiger partial charge in [-0.1, -0.05) is 0 Å². The summed E-state index contributed by atoms with van der Waals surface area (Å²) >= 11 is 0. The van der Waals surface area contributed by atoms with Gasteiger partial charge in [0.25, 0.3) is 0 Å². The van der Waals surface area contributed by atoms with Gasteiger partial charge in [-0.25, -0.2) is 0 Å². The third kappa shape index (κ3) is 1.23. The fraction of sp³-hybridized carbons (Fsp3) is 0.250. The zero-order valence-corrected chi connectivity index (χ0v) is 7.24. The van der Waals surface area contributed by atoms with E-state index in [0.717, 1.165) is 5.69 Å². The first-order valence-corrected chi connectivity index (χ1v) is 3.57. The smallest absolute Gasteiger partial charge is 0.160 e. The van der Waals surface area contributed by atoms with Crippen LogP contribution >= 0.6 is 0 Å². The Bertz CT molecular complexity index is 282. The molecule has 1 aromatic rings. The first-order chi connectivity index (χ1) is 5.70. The Hall–Kier alpha value is -1.58. The summed E-state index contributed by atoms with van der Waals surface area (Å²) in [6, 6.07) is 1.80. The van der Waals surface area contributed by atoms with E-state index >= 15 is 0 Å². The number of hydrogen-bond donors (Lipinski definition) is 2. The maximum atomic E-state index is 5.70. The molecule has 0 aliphatic rings. The molecule has 0 saturated carbocycles. The van der Waals surface area contributed by atoms with Crippen molar-refractivity contribution in [3.63, 3.8) is 0 Å². The van der Waals surface area contributed by atoms with E-state index < -0.39 is 0 Å². The summed E-state index contributed by atoms with van der Waals surface area (Å²) in [6.45, 7) is 0. The summed E-state index contributed by atoms with van der Waals surface area (Å²) in [5, 5.41) is 0. The van der Waals surface area contributed by atoms with Gasteiger partial charge >= 0.3 is 0 Å². The highest BCUT2D eigenvalue weighted by Crippen LogP contribution is 2.21. The molecule has 4 N–H and O–H groups in total. The zero-order valence-electron chi connectivity index (χ0n) is 7.24. The van der Waals surface area contributed by atoms with Crippen LogP contribution in [0.4, 0.5) is 5.69 Å². The Morgan fingerprint density at radius 1 is 1.67 bits per heavy atom. The van der Waals surface area contributed by atoms with Crippen molar-refractivity contribution in [3.05, 3.63) is 24.2 Å². The van der Waals surface area contributed by atoms with E-state index in [1.165, 1.54) is 6.20 Å². The lowest BCUT2D eigenvalue weighted by atomic mass is 10.3. The number of aryl methyl sites for hydroxylation is 1. The molecular weight excluding hydrogens is 154 g/mol. The van der Waals surface area contributed by atoms with Crippen LogP contribution in [0.3, 0.4) is 0 Å². The van der Waals surface area contributed by atoms with E-state index in [-0.39, 0.29) is 0 Å². The lowest BCUT2D eigenvalue weighted by Crippen LogP contribution is -2.01. The van der Waals surface area contributed by atoms with Crippen LogP contribution in [0.5, 0.6) is 0 Å². The average molecular weight is 167 g/mol. The van der Waals surface area contributed by atoms with Gasteiger partial charge in [-0.3, -0.25) is 0 Å². The van der Waals surface area contributed by atoms with Gasteiger partial charge in [0.1, 0.15) is 5.69 Å². The van der Waals surface area contributed by atoms with Crippen molar-refractivity contribution in [1.82, 2.24) is 4.57 Å². The molecule has 0 amide bonds. The first kappa shape index (κ1) is 8.52. The van der Waals surface area contributed by atoms with Crippen molar-refractivity contribution < 1.29 is 4.74 Å². The molecule has 1 heterocycles. The predicted molar refractivity (Wildman–Crippen MR) is 49.0 cm³/mol. The standard InChI is InChI=1S/C8H13N3O/c1-11-4-3-6(10)8(11)7(5-9)12-2/h3-5H,9-10H2,1-2H3/b7-5+. The molecule has 1 rings (SSSR count). The Kier molecular flexibility index (Phi) is 2.28. The SMILES string of the molecule is CO/C(=C/N)c1c(N)ccn1C. The minimum absolute atomic E-state index is 0.583. The predicted octanol–water partition coefficient (Wildman–Crippen LogP) is 0.511. The van der Waals surface area contributed by atoms with Crippen molar-refractivity contribution in [2.45, 2.75) is 0 Å². The quantitative estimate of drug-likeness (QED) is 0.631. The number of rotatable bonds is 2. The largest absolute Gasteiger partial charge is 0.493 e. The number of aromatic nitrogens is 1. The Morgan fingerprint density at radius 2 is 2.33 bits per heavy atom. The van der Waals surface area contributed by atoms with Gasteiger partial charge in [0, 0.05) is 19.4 Å². The van der Waals surface area contributed by atoms with Gasteiger partial charge in [-0.05, 0) is 6.07 Å². The summed E-state index contributed by atoms with van der Waals surface area (Å²) in [4.78, 5) is 0. The van der Waals surface area contributed by atoms with Crippen LogP contribution in [0, 0.1) is 0 Å². The number of nitrogens with zero attached hydrogens (tertiary/aromatic N) is 1. The molecule has 0 atom stereocenters. The second kappa shape index (κ2) is 3.21. The molecule has 12 heavy (non-hydrogen) atoms. The Morgan fingerprint density at radius 3 is 2.67 bits per heavy atom. The van der Waals surface area contributed by atoms with E-state index in [1.54, 1.807) is 13.2 Å². The van der Waals surface area contributed by atoms with E-state index in [2.05, 4.69) is 0 Å². The van der Waals surface area contributed by atoms with Gasteiger partial charge in [0.05, 0.1) is 12.8 Å². The van der Waals surface area contributed by atoms with Gasteiger partial charge in [-0.2, -0.15) is 0 Å². The van der Waals surface area contributed by atoms with Crippen molar-refractivity contribution in [2.24, 2.45) is 12.8 Å². The molecule has 66 valence electrons. The number of nitrogen functional groups attached to an aromatic ring is 1. The lowest BCUT2D eigenvalue weighted by molar-refractivity contribution is 0.366. The fourth-order valence-electron chi connectivity index (χ4n) is 1.11. The Balaban J connectivity index is 3.16. The molecule has 0 aromatic carbocycles. The highest BCUT2D eigenvalue weighted by molar-refractivity contribution is 5.68. The van der Waals surface area contributed by atoms with Crippen LogP contribution in [0.1, 0.15) is 5.69 Å². The second-order valence-corrected chi connectivity index (χ2v) is 2.47. The second-order valence-electron chi connectivity index (χ2n) is 2.47. The maximum absolute atomic E-state index is 5.70. The number of hydrogen-bond acceptors (Lipinski definition) is 3. The molecule has 0 bridgehead atoms. The van der Waals surface area contributed by atoms with Crippen molar-refractivity contribution in [2.75, 3.05) is 12.8 Å². The van der Waals surface area contributed by atoms with Crippen LogP contribution in [0.2, 0.25) is 0 Å². The minimum atomic E-state index is 0.583. The van der Waals surface area contributed by atoms with Crippen molar-refractivity contribution >= 4 is 11.4 Å². The van der Waals surface area contributed by atoms with Gasteiger partial charge in [0.15, 0.2) is 5.76 Å². The molecule has 0 radical (unpaired) electrons. The molecule has 4 nitrogen and oxygen atoms in total. The average Bonchev–Trinajstić information content (AvgIpc) is 2.38. The number of methoxy groups -OCH3 is 1. The van der Waals surface area contributed by atoms with Gasteiger partial charge in [0.2, 0.25) is 0 Å². The molecule has 0 aliphatic heterocycles. The number of ether oxygens (including phenoxy) is 1. The van der Waals surface area contributed by atoms with Gasteiger partial charge in [-0.15, -0.1) is 0 Å². The Labute approximate surface area is 71.4 Å². The number of nitrogens with two attached hydrogens (primary N) is 2. The third-order valence-corrected chi connectivity index (χ3v) is 1.71. The van der Waals surface area contributed by atoms with Crippen LogP contribution in [-0.4, -0.2) is 11.7 Å². The van der Waals surface area contributed by atoms with E-state index in [4.69, 9.17) is 16.2 Å². The van der Waals surface area contributed by atoms with E-state index in [0.29, 0.717) is 11.4 Å². The fourth-order valence-corrected chi connectivity index (χ4v) is 1.11. The molecule has 1 aromatic heterocycles. The summed E-state index contributed by atoms with van der Waals surface area (Å²) in [7, 11) is 3.44. The van der Waals surface area contributed by atoms with Crippen LogP contribution < -0.4 is 11.5 Å². The van der Waals surface area contributed by atoms with Crippen LogP contribution in [0.25, 0.3) is 5.76 Å². The lowest BCUT2D eigenvalue weighted by Gasteiger charge is -2.07. The summed E-state index contributed by atoms with van der Waals surface area (Å²) < 4.78 is 6.90. The first-order valence-electron chi connectivity index (χ1n) is 3.57. The van der Waals surface area contributed by atoms with E-state index in [9.17, 15) is 0 Å². The summed E-state index contributed by atoms with van der Waals surface area (Å²) in [6.07, 6.45) is 3.25. The highest BCUT2D eigenvalue weighted by Gasteiger charge is 2.08. The van der Waals surface area contributed by atoms with E-state index in [1.807, 2.05) is 17.8 Å². The third-order valence-electron chi connectivity index (χ3n) is 1.71. The molecule has 0 aliphatic carbocycles. The number of anilines is 1. The molecule has 0 unspecified atom stereocenters. The maximum Gasteiger partial charge on any atom is 0.160 e. The summed E-state index contributed by atoms with van der Waals surface area (Å²) in [5.74, 6) is 0.583. The molecular formula is C8H13N3O. The van der Waals surface area contributed by atoms with Crippen molar-refractivity contribution in [3.8, 4) is 0 Å². The van der Waals surface area contributed by atoms with Crippen LogP contribution in [-0.2, 0) is 11.8 Å². The monoisotopic (exact) mass is 167 g/mol. The molecule has 0 spiro atoms. The molecule has 4 heteroatoms.